The first-order valence-corrected chi connectivity index (χ1v) is 10.6. The standard InChI is InChI=1S/C24H23FN2OS/c1-17(7-8-18-5-3-2-4-6-18)26-24(28)22-15-23-21(13-14-29-23)27(22)16-19-9-11-20(25)12-10-19/h2-6,9-15,17H,7-8,16H2,1H3,(H,26,28). The van der Waals surface area contributed by atoms with Crippen molar-refractivity contribution >= 4 is 27.5 Å². The minimum absolute atomic E-state index is 0.0647. The summed E-state index contributed by atoms with van der Waals surface area (Å²) in [6.07, 6.45) is 1.80. The number of hydrogen-bond donors (Lipinski definition) is 1. The molecule has 1 N–H and O–H groups in total. The van der Waals surface area contributed by atoms with E-state index in [4.69, 9.17) is 0 Å². The zero-order chi connectivity index (χ0) is 20.2. The summed E-state index contributed by atoms with van der Waals surface area (Å²) < 4.78 is 16.3. The van der Waals surface area contributed by atoms with Gasteiger partial charge in [0.1, 0.15) is 11.5 Å². The van der Waals surface area contributed by atoms with Crippen LogP contribution in [-0.2, 0) is 13.0 Å². The molecule has 2 aromatic heterocycles. The van der Waals surface area contributed by atoms with Crippen molar-refractivity contribution in [2.75, 3.05) is 0 Å². The number of aryl methyl sites for hydroxylation is 1. The van der Waals surface area contributed by atoms with Gasteiger partial charge in [0.15, 0.2) is 0 Å². The predicted octanol–water partition coefficient (Wildman–Crippen LogP) is 5.64. The maximum atomic E-state index is 13.2. The van der Waals surface area contributed by atoms with Crippen LogP contribution in [0.1, 0.15) is 35.0 Å². The van der Waals surface area contributed by atoms with Crippen molar-refractivity contribution in [3.63, 3.8) is 0 Å². The Balaban J connectivity index is 1.49. The van der Waals surface area contributed by atoms with Crippen molar-refractivity contribution < 1.29 is 9.18 Å². The molecule has 1 amide bonds. The van der Waals surface area contributed by atoms with E-state index in [1.165, 1.54) is 17.7 Å². The molecule has 1 atom stereocenters. The number of benzene rings is 2. The highest BCUT2D eigenvalue weighted by molar-refractivity contribution is 7.17. The van der Waals surface area contributed by atoms with E-state index in [2.05, 4.69) is 17.4 Å². The molecule has 2 heterocycles. The van der Waals surface area contributed by atoms with Gasteiger partial charge in [-0.15, -0.1) is 11.3 Å². The SMILES string of the molecule is CC(CCc1ccccc1)NC(=O)c1cc2sccc2n1Cc1ccc(F)cc1. The maximum absolute atomic E-state index is 13.2. The lowest BCUT2D eigenvalue weighted by molar-refractivity contribution is 0.0930. The first kappa shape index (κ1) is 19.4. The van der Waals surface area contributed by atoms with Gasteiger partial charge in [-0.1, -0.05) is 42.5 Å². The van der Waals surface area contributed by atoms with Crippen LogP contribution in [0.2, 0.25) is 0 Å². The van der Waals surface area contributed by atoms with E-state index in [1.807, 2.05) is 47.2 Å². The number of thiophene rings is 1. The third-order valence-electron chi connectivity index (χ3n) is 5.10. The van der Waals surface area contributed by atoms with Crippen LogP contribution in [0.25, 0.3) is 10.2 Å². The quantitative estimate of drug-likeness (QED) is 0.423. The van der Waals surface area contributed by atoms with Gasteiger partial charge in [-0.25, -0.2) is 4.39 Å². The molecule has 29 heavy (non-hydrogen) atoms. The molecule has 1 unspecified atom stereocenters. The summed E-state index contributed by atoms with van der Waals surface area (Å²) in [4.78, 5) is 13.0. The summed E-state index contributed by atoms with van der Waals surface area (Å²) in [7, 11) is 0. The molecule has 0 fully saturated rings. The fourth-order valence-electron chi connectivity index (χ4n) is 3.51. The molecule has 3 nitrogen and oxygen atoms in total. The van der Waals surface area contributed by atoms with E-state index >= 15 is 0 Å². The van der Waals surface area contributed by atoms with Gasteiger partial charge in [-0.2, -0.15) is 0 Å². The number of amides is 1. The van der Waals surface area contributed by atoms with Crippen LogP contribution >= 0.6 is 11.3 Å². The molecule has 5 heteroatoms. The van der Waals surface area contributed by atoms with Crippen LogP contribution < -0.4 is 5.32 Å². The van der Waals surface area contributed by atoms with Crippen molar-refractivity contribution in [3.05, 3.63) is 94.7 Å². The molecule has 148 valence electrons. The monoisotopic (exact) mass is 406 g/mol. The van der Waals surface area contributed by atoms with Crippen molar-refractivity contribution in [2.24, 2.45) is 0 Å². The number of rotatable bonds is 7. The Kier molecular flexibility index (Phi) is 5.76. The average Bonchev–Trinajstić information content (AvgIpc) is 3.31. The number of nitrogens with one attached hydrogen (secondary N) is 1. The van der Waals surface area contributed by atoms with Crippen molar-refractivity contribution in [1.29, 1.82) is 0 Å². The molecule has 0 aliphatic carbocycles. The van der Waals surface area contributed by atoms with Crippen molar-refractivity contribution in [3.8, 4) is 0 Å². The molecule has 4 rings (SSSR count). The second-order valence-corrected chi connectivity index (χ2v) is 8.26. The number of carbonyl (C=O) groups excluding carboxylic acids is 1. The largest absolute Gasteiger partial charge is 0.348 e. The summed E-state index contributed by atoms with van der Waals surface area (Å²) >= 11 is 1.62. The second kappa shape index (κ2) is 8.62. The Morgan fingerprint density at radius 1 is 1.07 bits per heavy atom. The Hall–Kier alpha value is -2.92. The molecule has 0 saturated carbocycles. The molecule has 0 bridgehead atoms. The Labute approximate surface area is 173 Å². The molecule has 0 aliphatic heterocycles. The van der Waals surface area contributed by atoms with Gasteiger partial charge < -0.3 is 9.88 Å². The zero-order valence-corrected chi connectivity index (χ0v) is 17.1. The predicted molar refractivity (Wildman–Crippen MR) is 117 cm³/mol. The van der Waals surface area contributed by atoms with Gasteiger partial charge in [0.25, 0.3) is 5.91 Å². The molecule has 0 aliphatic rings. The van der Waals surface area contributed by atoms with Crippen LogP contribution in [0.4, 0.5) is 4.39 Å². The fraction of sp³-hybridized carbons (Fsp3) is 0.208. The highest BCUT2D eigenvalue weighted by atomic mass is 32.1. The van der Waals surface area contributed by atoms with Gasteiger partial charge in [0.05, 0.1) is 10.2 Å². The Morgan fingerprint density at radius 3 is 2.59 bits per heavy atom. The average molecular weight is 407 g/mol. The number of fused-ring (bicyclic) bond motifs is 1. The third kappa shape index (κ3) is 4.57. The van der Waals surface area contributed by atoms with Crippen molar-refractivity contribution in [1.82, 2.24) is 9.88 Å². The van der Waals surface area contributed by atoms with E-state index in [9.17, 15) is 9.18 Å². The molecule has 0 saturated heterocycles. The summed E-state index contributed by atoms with van der Waals surface area (Å²) in [5.41, 5.74) is 3.90. The van der Waals surface area contributed by atoms with E-state index in [1.54, 1.807) is 23.5 Å². The fourth-order valence-corrected chi connectivity index (χ4v) is 4.33. The van der Waals surface area contributed by atoms with Crippen LogP contribution in [0.5, 0.6) is 0 Å². The van der Waals surface area contributed by atoms with Crippen LogP contribution in [-0.4, -0.2) is 16.5 Å². The first-order valence-electron chi connectivity index (χ1n) is 9.76. The molecule has 2 aromatic carbocycles. The smallest absolute Gasteiger partial charge is 0.268 e. The summed E-state index contributed by atoms with van der Waals surface area (Å²) in [6.45, 7) is 2.57. The van der Waals surface area contributed by atoms with Crippen molar-refractivity contribution in [2.45, 2.75) is 32.4 Å². The maximum Gasteiger partial charge on any atom is 0.268 e. The van der Waals surface area contributed by atoms with Gasteiger partial charge in [0, 0.05) is 12.6 Å². The minimum atomic E-state index is -0.257. The highest BCUT2D eigenvalue weighted by Crippen LogP contribution is 2.26. The van der Waals surface area contributed by atoms with E-state index in [-0.39, 0.29) is 17.8 Å². The number of halogens is 1. The Bertz CT molecular complexity index is 1100. The normalized spacial score (nSPS) is 12.2. The van der Waals surface area contributed by atoms with E-state index in [0.29, 0.717) is 12.2 Å². The molecule has 0 radical (unpaired) electrons. The number of hydrogen-bond acceptors (Lipinski definition) is 2. The lowest BCUT2D eigenvalue weighted by Gasteiger charge is -2.16. The van der Waals surface area contributed by atoms with E-state index in [0.717, 1.165) is 28.6 Å². The van der Waals surface area contributed by atoms with Gasteiger partial charge in [0.2, 0.25) is 0 Å². The highest BCUT2D eigenvalue weighted by Gasteiger charge is 2.18. The molecule has 0 spiro atoms. The van der Waals surface area contributed by atoms with Crippen LogP contribution in [0, 0.1) is 5.82 Å². The second-order valence-electron chi connectivity index (χ2n) is 7.31. The molecular weight excluding hydrogens is 383 g/mol. The number of carbonyl (C=O) groups is 1. The van der Waals surface area contributed by atoms with Gasteiger partial charge in [-0.05, 0) is 60.5 Å². The lowest BCUT2D eigenvalue weighted by Crippen LogP contribution is -2.34. The van der Waals surface area contributed by atoms with Crippen LogP contribution in [0.3, 0.4) is 0 Å². The Morgan fingerprint density at radius 2 is 1.83 bits per heavy atom. The third-order valence-corrected chi connectivity index (χ3v) is 5.95. The van der Waals surface area contributed by atoms with Gasteiger partial charge in [-0.3, -0.25) is 4.79 Å². The van der Waals surface area contributed by atoms with Crippen LogP contribution in [0.15, 0.2) is 72.1 Å². The van der Waals surface area contributed by atoms with Gasteiger partial charge >= 0.3 is 0 Å². The summed E-state index contributed by atoms with van der Waals surface area (Å²) in [6, 6.07) is 20.8. The summed E-state index contributed by atoms with van der Waals surface area (Å²) in [5, 5.41) is 5.16. The summed E-state index contributed by atoms with van der Waals surface area (Å²) in [5.74, 6) is -0.330. The lowest BCUT2D eigenvalue weighted by atomic mass is 10.1. The zero-order valence-electron chi connectivity index (χ0n) is 16.3. The number of nitrogens with zero attached hydrogens (tertiary/aromatic N) is 1. The molecular formula is C24H23FN2OS. The van der Waals surface area contributed by atoms with E-state index < -0.39 is 0 Å². The molecule has 4 aromatic rings. The first-order chi connectivity index (χ1) is 14.1. The minimum Gasteiger partial charge on any atom is -0.348 e. The number of aromatic nitrogens is 1. The topological polar surface area (TPSA) is 34.0 Å².